The van der Waals surface area contributed by atoms with Crippen LogP contribution in [-0.4, -0.2) is 40.2 Å². The number of nitrogens with one attached hydrogen (secondary N) is 2. The highest BCUT2D eigenvalue weighted by Crippen LogP contribution is 2.25. The smallest absolute Gasteiger partial charge is 0.270 e. The molecule has 4 rings (SSSR count). The van der Waals surface area contributed by atoms with Gasteiger partial charge in [-0.15, -0.1) is 0 Å². The standard InChI is InChI=1S/C20H20ClN5O/c21-15-6-4-14(5-7-15)18-13-19(25-24-18)26-11-8-16(9-12-26)23-20(27)17-3-1-2-10-22-17/h1-7,10,13,16H,8-9,11-12H2,(H,23,27)(H,24,25). The van der Waals surface area contributed by atoms with E-state index in [4.69, 9.17) is 11.6 Å². The van der Waals surface area contributed by atoms with Gasteiger partial charge < -0.3 is 10.2 Å². The van der Waals surface area contributed by atoms with Crippen LogP contribution in [0.15, 0.2) is 54.7 Å². The van der Waals surface area contributed by atoms with Crippen LogP contribution in [0, 0.1) is 0 Å². The van der Waals surface area contributed by atoms with Crippen LogP contribution >= 0.6 is 11.6 Å². The molecule has 6 nitrogen and oxygen atoms in total. The molecular formula is C20H20ClN5O. The van der Waals surface area contributed by atoms with Crippen molar-refractivity contribution >= 4 is 23.3 Å². The molecule has 3 aromatic rings. The Hall–Kier alpha value is -2.86. The highest BCUT2D eigenvalue weighted by Gasteiger charge is 2.23. The number of hydrogen-bond donors (Lipinski definition) is 2. The van der Waals surface area contributed by atoms with E-state index in [0.717, 1.165) is 43.0 Å². The van der Waals surface area contributed by atoms with Crippen LogP contribution in [0.1, 0.15) is 23.3 Å². The first-order valence-corrected chi connectivity index (χ1v) is 9.35. The van der Waals surface area contributed by atoms with Gasteiger partial charge in [-0.05, 0) is 42.7 Å². The largest absolute Gasteiger partial charge is 0.355 e. The molecule has 1 aliphatic rings. The summed E-state index contributed by atoms with van der Waals surface area (Å²) in [6, 6.07) is 15.2. The lowest BCUT2D eigenvalue weighted by molar-refractivity contribution is 0.0926. The molecule has 1 aliphatic heterocycles. The van der Waals surface area contributed by atoms with Gasteiger partial charge in [0.15, 0.2) is 5.82 Å². The van der Waals surface area contributed by atoms with E-state index in [2.05, 4.69) is 31.5 Å². The Kier molecular flexibility index (Phi) is 5.07. The molecular weight excluding hydrogens is 362 g/mol. The van der Waals surface area contributed by atoms with Crippen molar-refractivity contribution in [3.8, 4) is 11.3 Å². The molecule has 0 spiro atoms. The first kappa shape index (κ1) is 17.5. The van der Waals surface area contributed by atoms with Gasteiger partial charge in [0, 0.05) is 36.4 Å². The van der Waals surface area contributed by atoms with E-state index >= 15 is 0 Å². The number of benzene rings is 1. The van der Waals surface area contributed by atoms with Crippen LogP contribution in [0.5, 0.6) is 0 Å². The van der Waals surface area contributed by atoms with Crippen molar-refractivity contribution in [1.82, 2.24) is 20.5 Å². The zero-order valence-corrected chi connectivity index (χ0v) is 15.5. The number of aromatic nitrogens is 3. The van der Waals surface area contributed by atoms with E-state index in [-0.39, 0.29) is 11.9 Å². The van der Waals surface area contributed by atoms with Crippen LogP contribution in [0.2, 0.25) is 5.02 Å². The monoisotopic (exact) mass is 381 g/mol. The predicted octanol–water partition coefficient (Wildman–Crippen LogP) is 3.52. The van der Waals surface area contributed by atoms with E-state index in [1.807, 2.05) is 30.3 Å². The summed E-state index contributed by atoms with van der Waals surface area (Å²) in [5.74, 6) is 0.813. The zero-order valence-electron chi connectivity index (χ0n) is 14.7. The van der Waals surface area contributed by atoms with Crippen molar-refractivity contribution in [3.63, 3.8) is 0 Å². The lowest BCUT2D eigenvalue weighted by Gasteiger charge is -2.32. The number of rotatable bonds is 4. The van der Waals surface area contributed by atoms with Gasteiger partial charge in [-0.25, -0.2) is 0 Å². The van der Waals surface area contributed by atoms with Gasteiger partial charge in [0.05, 0.1) is 5.69 Å². The summed E-state index contributed by atoms with van der Waals surface area (Å²) < 4.78 is 0. The Labute approximate surface area is 162 Å². The molecule has 1 saturated heterocycles. The van der Waals surface area contributed by atoms with E-state index in [1.54, 1.807) is 18.3 Å². The third-order valence-corrected chi connectivity index (χ3v) is 5.02. The minimum Gasteiger partial charge on any atom is -0.355 e. The molecule has 0 atom stereocenters. The number of hydrogen-bond acceptors (Lipinski definition) is 4. The van der Waals surface area contributed by atoms with Gasteiger partial charge in [-0.1, -0.05) is 29.8 Å². The Morgan fingerprint density at radius 3 is 2.63 bits per heavy atom. The molecule has 138 valence electrons. The molecule has 0 unspecified atom stereocenters. The van der Waals surface area contributed by atoms with Gasteiger partial charge in [0.2, 0.25) is 0 Å². The van der Waals surface area contributed by atoms with E-state index in [9.17, 15) is 4.79 Å². The van der Waals surface area contributed by atoms with Gasteiger partial charge in [0.1, 0.15) is 5.69 Å². The predicted molar refractivity (Wildman–Crippen MR) is 106 cm³/mol. The van der Waals surface area contributed by atoms with Gasteiger partial charge >= 0.3 is 0 Å². The summed E-state index contributed by atoms with van der Waals surface area (Å²) >= 11 is 5.95. The minimum absolute atomic E-state index is 0.112. The molecule has 2 aromatic heterocycles. The fraction of sp³-hybridized carbons (Fsp3) is 0.250. The van der Waals surface area contributed by atoms with Gasteiger partial charge in [0.25, 0.3) is 5.91 Å². The topological polar surface area (TPSA) is 73.9 Å². The summed E-state index contributed by atoms with van der Waals surface area (Å²) in [5.41, 5.74) is 2.47. The Morgan fingerprint density at radius 2 is 1.93 bits per heavy atom. The highest BCUT2D eigenvalue weighted by molar-refractivity contribution is 6.30. The Morgan fingerprint density at radius 1 is 1.15 bits per heavy atom. The molecule has 0 bridgehead atoms. The number of halogens is 1. The summed E-state index contributed by atoms with van der Waals surface area (Å²) in [7, 11) is 0. The first-order chi connectivity index (χ1) is 13.2. The number of nitrogens with zero attached hydrogens (tertiary/aromatic N) is 3. The summed E-state index contributed by atoms with van der Waals surface area (Å²) in [6.45, 7) is 1.69. The second kappa shape index (κ2) is 7.80. The lowest BCUT2D eigenvalue weighted by Crippen LogP contribution is -2.45. The summed E-state index contributed by atoms with van der Waals surface area (Å²) in [5, 5.41) is 11.3. The Bertz CT molecular complexity index is 902. The number of pyridine rings is 1. The van der Waals surface area contributed by atoms with Crippen LogP contribution in [-0.2, 0) is 0 Å². The van der Waals surface area contributed by atoms with Crippen molar-refractivity contribution in [1.29, 1.82) is 0 Å². The molecule has 2 N–H and O–H groups in total. The third-order valence-electron chi connectivity index (χ3n) is 4.77. The second-order valence-corrected chi connectivity index (χ2v) is 7.03. The second-order valence-electron chi connectivity index (χ2n) is 6.60. The van der Waals surface area contributed by atoms with Crippen LogP contribution in [0.25, 0.3) is 11.3 Å². The average Bonchev–Trinajstić information content (AvgIpc) is 3.20. The maximum absolute atomic E-state index is 12.2. The van der Waals surface area contributed by atoms with E-state index < -0.39 is 0 Å². The number of aromatic amines is 1. The van der Waals surface area contributed by atoms with Crippen molar-refractivity contribution in [2.24, 2.45) is 0 Å². The number of carbonyl (C=O) groups excluding carboxylic acids is 1. The fourth-order valence-corrected chi connectivity index (χ4v) is 3.39. The number of amides is 1. The SMILES string of the molecule is O=C(NC1CCN(c2cc(-c3ccc(Cl)cc3)[nH]n2)CC1)c1ccccn1. The van der Waals surface area contributed by atoms with Crippen molar-refractivity contribution in [3.05, 3.63) is 65.4 Å². The van der Waals surface area contributed by atoms with Crippen molar-refractivity contribution < 1.29 is 4.79 Å². The summed E-state index contributed by atoms with van der Waals surface area (Å²) in [6.07, 6.45) is 3.39. The normalized spacial score (nSPS) is 14.9. The minimum atomic E-state index is -0.112. The first-order valence-electron chi connectivity index (χ1n) is 8.97. The lowest BCUT2D eigenvalue weighted by atomic mass is 10.0. The third kappa shape index (κ3) is 4.11. The quantitative estimate of drug-likeness (QED) is 0.725. The average molecular weight is 382 g/mol. The molecule has 7 heteroatoms. The molecule has 27 heavy (non-hydrogen) atoms. The van der Waals surface area contributed by atoms with Crippen molar-refractivity contribution in [2.45, 2.75) is 18.9 Å². The highest BCUT2D eigenvalue weighted by atomic mass is 35.5. The number of piperidine rings is 1. The number of carbonyl (C=O) groups is 1. The maximum Gasteiger partial charge on any atom is 0.270 e. The molecule has 0 saturated carbocycles. The molecule has 0 aliphatic carbocycles. The van der Waals surface area contributed by atoms with Crippen LogP contribution in [0.4, 0.5) is 5.82 Å². The molecule has 0 radical (unpaired) electrons. The Balaban J connectivity index is 1.34. The van der Waals surface area contributed by atoms with E-state index in [0.29, 0.717) is 10.7 Å². The van der Waals surface area contributed by atoms with E-state index in [1.165, 1.54) is 0 Å². The van der Waals surface area contributed by atoms with Gasteiger partial charge in [-0.2, -0.15) is 5.10 Å². The van der Waals surface area contributed by atoms with Crippen LogP contribution in [0.3, 0.4) is 0 Å². The molecule has 1 fully saturated rings. The molecule has 3 heterocycles. The number of H-pyrrole nitrogens is 1. The van der Waals surface area contributed by atoms with Gasteiger partial charge in [-0.3, -0.25) is 14.9 Å². The van der Waals surface area contributed by atoms with Crippen molar-refractivity contribution in [2.75, 3.05) is 18.0 Å². The molecule has 1 aromatic carbocycles. The maximum atomic E-state index is 12.2. The number of anilines is 1. The summed E-state index contributed by atoms with van der Waals surface area (Å²) in [4.78, 5) is 18.6. The molecule has 1 amide bonds. The van der Waals surface area contributed by atoms with Crippen LogP contribution < -0.4 is 10.2 Å². The zero-order chi connectivity index (χ0) is 18.6. The fourth-order valence-electron chi connectivity index (χ4n) is 3.26.